The van der Waals surface area contributed by atoms with E-state index in [9.17, 15) is 4.79 Å². The van der Waals surface area contributed by atoms with Gasteiger partial charge in [0.05, 0.1) is 6.33 Å². The van der Waals surface area contributed by atoms with Gasteiger partial charge in [-0.05, 0) is 30.4 Å². The molecule has 1 aliphatic carbocycles. The van der Waals surface area contributed by atoms with Crippen LogP contribution in [-0.4, -0.2) is 52.5 Å². The highest BCUT2D eigenvalue weighted by atomic mass is 16.2. The Labute approximate surface area is 185 Å². The standard InChI is InChI=1S/C24H34N6O/c1-25-24(27-15-19-6-5-7-20(14-19)16-29-13-11-26-18-29)28-22-10-12-30(17-22)23(31)21-8-3-2-4-9-21/h5-7,11,13-14,18,21-22H,2-4,8-10,12,15-17H2,1H3,(H2,25,27,28). The third-order valence-electron chi connectivity index (χ3n) is 6.39. The Morgan fingerprint density at radius 3 is 2.81 bits per heavy atom. The number of benzene rings is 1. The van der Waals surface area contributed by atoms with Crippen LogP contribution in [0.1, 0.15) is 49.7 Å². The second-order valence-corrected chi connectivity index (χ2v) is 8.73. The SMILES string of the molecule is CN=C(NCc1cccc(Cn2ccnc2)c1)NC1CCN(C(=O)C2CCCCC2)C1. The fraction of sp³-hybridized carbons (Fsp3) is 0.542. The molecule has 2 N–H and O–H groups in total. The van der Waals surface area contributed by atoms with Crippen molar-refractivity contribution < 1.29 is 4.79 Å². The van der Waals surface area contributed by atoms with E-state index in [4.69, 9.17) is 0 Å². The van der Waals surface area contributed by atoms with Gasteiger partial charge in [-0.1, -0.05) is 43.5 Å². The Kier molecular flexibility index (Phi) is 7.22. The molecular weight excluding hydrogens is 388 g/mol. The summed E-state index contributed by atoms with van der Waals surface area (Å²) in [7, 11) is 1.80. The summed E-state index contributed by atoms with van der Waals surface area (Å²) in [6.45, 7) is 3.14. The first-order chi connectivity index (χ1) is 15.2. The zero-order chi connectivity index (χ0) is 21.5. The maximum Gasteiger partial charge on any atom is 0.225 e. The predicted octanol–water partition coefficient (Wildman–Crippen LogP) is 2.78. The van der Waals surface area contributed by atoms with Crippen LogP contribution in [0.25, 0.3) is 0 Å². The Hall–Kier alpha value is -2.83. The largest absolute Gasteiger partial charge is 0.352 e. The molecule has 2 aromatic rings. The minimum atomic E-state index is 0.250. The van der Waals surface area contributed by atoms with Crippen LogP contribution in [0.5, 0.6) is 0 Å². The van der Waals surface area contributed by atoms with Gasteiger partial charge in [0, 0.05) is 57.6 Å². The van der Waals surface area contributed by atoms with Crippen LogP contribution >= 0.6 is 0 Å². The lowest BCUT2D eigenvalue weighted by molar-refractivity contribution is -0.135. The highest BCUT2D eigenvalue weighted by molar-refractivity contribution is 5.81. The lowest BCUT2D eigenvalue weighted by Crippen LogP contribution is -2.45. The van der Waals surface area contributed by atoms with Gasteiger partial charge >= 0.3 is 0 Å². The molecule has 1 atom stereocenters. The van der Waals surface area contributed by atoms with Gasteiger partial charge in [0.15, 0.2) is 5.96 Å². The molecule has 0 spiro atoms. The van der Waals surface area contributed by atoms with Crippen molar-refractivity contribution in [2.45, 2.75) is 57.7 Å². The van der Waals surface area contributed by atoms with Crippen molar-refractivity contribution in [3.8, 4) is 0 Å². The molecule has 1 aliphatic heterocycles. The van der Waals surface area contributed by atoms with Crippen molar-refractivity contribution in [1.82, 2.24) is 25.1 Å². The number of hydrogen-bond acceptors (Lipinski definition) is 3. The number of rotatable bonds is 6. The molecule has 2 fully saturated rings. The average molecular weight is 423 g/mol. The molecule has 7 nitrogen and oxygen atoms in total. The number of nitrogens with one attached hydrogen (secondary N) is 2. The average Bonchev–Trinajstić information content (AvgIpc) is 3.49. The third-order valence-corrected chi connectivity index (χ3v) is 6.39. The van der Waals surface area contributed by atoms with Gasteiger partial charge in [0.2, 0.25) is 5.91 Å². The van der Waals surface area contributed by atoms with Gasteiger partial charge in [0.25, 0.3) is 0 Å². The van der Waals surface area contributed by atoms with Crippen molar-refractivity contribution in [2.75, 3.05) is 20.1 Å². The van der Waals surface area contributed by atoms with E-state index in [1.165, 1.54) is 30.4 Å². The van der Waals surface area contributed by atoms with Crippen LogP contribution in [0, 0.1) is 5.92 Å². The quantitative estimate of drug-likeness (QED) is 0.555. The second kappa shape index (κ2) is 10.5. The molecule has 1 aromatic carbocycles. The third kappa shape index (κ3) is 5.87. The van der Waals surface area contributed by atoms with Gasteiger partial charge in [-0.3, -0.25) is 9.79 Å². The van der Waals surface area contributed by atoms with Gasteiger partial charge in [-0.15, -0.1) is 0 Å². The van der Waals surface area contributed by atoms with Crippen LogP contribution in [-0.2, 0) is 17.9 Å². The lowest BCUT2D eigenvalue weighted by atomic mass is 9.88. The van der Waals surface area contributed by atoms with Crippen molar-refractivity contribution in [3.63, 3.8) is 0 Å². The molecule has 31 heavy (non-hydrogen) atoms. The van der Waals surface area contributed by atoms with Crippen molar-refractivity contribution in [3.05, 3.63) is 54.1 Å². The number of aromatic nitrogens is 2. The first kappa shape index (κ1) is 21.4. The molecule has 1 unspecified atom stereocenters. The first-order valence-corrected chi connectivity index (χ1v) is 11.5. The molecule has 1 saturated heterocycles. The zero-order valence-electron chi connectivity index (χ0n) is 18.5. The minimum absolute atomic E-state index is 0.250. The molecule has 1 saturated carbocycles. The van der Waals surface area contributed by atoms with Crippen LogP contribution in [0.3, 0.4) is 0 Å². The maximum absolute atomic E-state index is 12.8. The zero-order valence-corrected chi connectivity index (χ0v) is 18.5. The number of imidazole rings is 1. The highest BCUT2D eigenvalue weighted by Crippen LogP contribution is 2.26. The van der Waals surface area contributed by atoms with Gasteiger partial charge in [-0.2, -0.15) is 0 Å². The Bertz CT molecular complexity index is 872. The summed E-state index contributed by atoms with van der Waals surface area (Å²) in [6.07, 6.45) is 12.4. The van der Waals surface area contributed by atoms with Gasteiger partial charge in [-0.25, -0.2) is 4.98 Å². The van der Waals surface area contributed by atoms with Crippen molar-refractivity contribution in [2.24, 2.45) is 10.9 Å². The second-order valence-electron chi connectivity index (χ2n) is 8.73. The van der Waals surface area contributed by atoms with E-state index in [2.05, 4.69) is 54.3 Å². The Balaban J connectivity index is 1.25. The van der Waals surface area contributed by atoms with E-state index in [0.717, 1.165) is 44.9 Å². The van der Waals surface area contributed by atoms with E-state index >= 15 is 0 Å². The first-order valence-electron chi connectivity index (χ1n) is 11.5. The molecule has 1 amide bonds. The fourth-order valence-corrected chi connectivity index (χ4v) is 4.69. The maximum atomic E-state index is 12.8. The topological polar surface area (TPSA) is 74.6 Å². The number of hydrogen-bond donors (Lipinski definition) is 2. The smallest absolute Gasteiger partial charge is 0.225 e. The molecule has 0 radical (unpaired) electrons. The number of guanidine groups is 1. The summed E-state index contributed by atoms with van der Waals surface area (Å²) in [6, 6.07) is 8.81. The summed E-state index contributed by atoms with van der Waals surface area (Å²) < 4.78 is 2.06. The summed E-state index contributed by atoms with van der Waals surface area (Å²) >= 11 is 0. The molecule has 1 aromatic heterocycles. The molecule has 0 bridgehead atoms. The summed E-state index contributed by atoms with van der Waals surface area (Å²) in [5.41, 5.74) is 2.45. The van der Waals surface area contributed by atoms with Crippen LogP contribution in [0.2, 0.25) is 0 Å². The van der Waals surface area contributed by atoms with Crippen LogP contribution < -0.4 is 10.6 Å². The summed E-state index contributed by atoms with van der Waals surface area (Å²) in [5.74, 6) is 1.40. The van der Waals surface area contributed by atoms with E-state index in [0.29, 0.717) is 12.5 Å². The highest BCUT2D eigenvalue weighted by Gasteiger charge is 2.31. The van der Waals surface area contributed by atoms with E-state index in [-0.39, 0.29) is 12.0 Å². The number of nitrogens with zero attached hydrogens (tertiary/aromatic N) is 4. The normalized spacial score (nSPS) is 20.1. The monoisotopic (exact) mass is 422 g/mol. The molecule has 7 heteroatoms. The summed E-state index contributed by atoms with van der Waals surface area (Å²) in [5, 5.41) is 6.93. The number of carbonyl (C=O) groups is 1. The minimum Gasteiger partial charge on any atom is -0.352 e. The number of aliphatic imine (C=N–C) groups is 1. The Morgan fingerprint density at radius 1 is 1.19 bits per heavy atom. The molecule has 2 aliphatic rings. The van der Waals surface area contributed by atoms with Gasteiger partial charge in [0.1, 0.15) is 0 Å². The lowest BCUT2D eigenvalue weighted by Gasteiger charge is -2.26. The van der Waals surface area contributed by atoms with Crippen molar-refractivity contribution in [1.29, 1.82) is 0 Å². The van der Waals surface area contributed by atoms with Gasteiger partial charge < -0.3 is 20.1 Å². The molecule has 166 valence electrons. The number of amides is 1. The Morgan fingerprint density at radius 2 is 2.03 bits per heavy atom. The summed E-state index contributed by atoms with van der Waals surface area (Å²) in [4.78, 5) is 23.4. The molecular formula is C24H34N6O. The van der Waals surface area contributed by atoms with E-state index in [1.807, 2.05) is 12.5 Å². The van der Waals surface area contributed by atoms with E-state index in [1.54, 1.807) is 13.2 Å². The number of likely N-dealkylation sites (tertiary alicyclic amines) is 1. The number of carbonyl (C=O) groups excluding carboxylic acids is 1. The van der Waals surface area contributed by atoms with Crippen LogP contribution in [0.4, 0.5) is 0 Å². The molecule has 4 rings (SSSR count). The molecule has 2 heterocycles. The van der Waals surface area contributed by atoms with Crippen LogP contribution in [0.15, 0.2) is 48.0 Å². The predicted molar refractivity (Wildman–Crippen MR) is 123 cm³/mol. The van der Waals surface area contributed by atoms with Crippen molar-refractivity contribution >= 4 is 11.9 Å². The van der Waals surface area contributed by atoms with E-state index < -0.39 is 0 Å². The fourth-order valence-electron chi connectivity index (χ4n) is 4.69.